The van der Waals surface area contributed by atoms with Crippen LogP contribution in [-0.2, 0) is 16.1 Å². The second kappa shape index (κ2) is 8.75. The van der Waals surface area contributed by atoms with E-state index < -0.39 is 0 Å². The summed E-state index contributed by atoms with van der Waals surface area (Å²) in [6, 6.07) is 0. The van der Waals surface area contributed by atoms with E-state index in [1.807, 2.05) is 0 Å². The molecule has 1 saturated carbocycles. The highest BCUT2D eigenvalue weighted by Gasteiger charge is 2.20. The van der Waals surface area contributed by atoms with Crippen LogP contribution in [0.3, 0.4) is 0 Å². The van der Waals surface area contributed by atoms with Gasteiger partial charge in [-0.05, 0) is 12.8 Å². The van der Waals surface area contributed by atoms with Gasteiger partial charge in [-0.3, -0.25) is 4.79 Å². The van der Waals surface area contributed by atoms with Gasteiger partial charge in [0.05, 0.1) is 24.7 Å². The maximum Gasteiger partial charge on any atom is 0.223 e. The molecule has 0 radical (unpaired) electrons. The minimum absolute atomic E-state index is 0.174. The van der Waals surface area contributed by atoms with Crippen LogP contribution in [0.5, 0.6) is 0 Å². The normalized spacial score (nSPS) is 15.4. The number of methoxy groups -OCH3 is 1. The molecule has 8 heteroatoms. The van der Waals surface area contributed by atoms with Crippen LogP contribution in [0.4, 0.5) is 5.82 Å². The number of carbonyl (C=O) groups excluding carboxylic acids is 1. The predicted octanol–water partition coefficient (Wildman–Crippen LogP) is 1.58. The van der Waals surface area contributed by atoms with Gasteiger partial charge in [0, 0.05) is 26.1 Å². The first-order valence-electron chi connectivity index (χ1n) is 8.96. The molecule has 1 amide bonds. The quantitative estimate of drug-likeness (QED) is 0.705. The maximum absolute atomic E-state index is 12.2. The van der Waals surface area contributed by atoms with Gasteiger partial charge < -0.3 is 15.4 Å². The lowest BCUT2D eigenvalue weighted by Gasteiger charge is -2.20. The summed E-state index contributed by atoms with van der Waals surface area (Å²) in [4.78, 5) is 20.8. The molecule has 2 N–H and O–H groups in total. The molecule has 0 bridgehead atoms. The molecule has 1 aliphatic rings. The van der Waals surface area contributed by atoms with Crippen molar-refractivity contribution >= 4 is 22.8 Å². The van der Waals surface area contributed by atoms with Gasteiger partial charge in [0.25, 0.3) is 0 Å². The fraction of sp³-hybridized carbons (Fsp3) is 0.647. The van der Waals surface area contributed by atoms with Crippen molar-refractivity contribution in [3.63, 3.8) is 0 Å². The van der Waals surface area contributed by atoms with Crippen molar-refractivity contribution in [2.45, 2.75) is 38.6 Å². The zero-order valence-electron chi connectivity index (χ0n) is 14.7. The molecule has 3 rings (SSSR count). The fourth-order valence-corrected chi connectivity index (χ4v) is 3.26. The zero-order valence-corrected chi connectivity index (χ0v) is 14.7. The summed E-state index contributed by atoms with van der Waals surface area (Å²) in [6.07, 6.45) is 8.89. The summed E-state index contributed by atoms with van der Waals surface area (Å²) >= 11 is 0. The topological polar surface area (TPSA) is 94.0 Å². The first-order valence-corrected chi connectivity index (χ1v) is 8.96. The molecular formula is C17H26N6O2. The Morgan fingerprint density at radius 3 is 2.92 bits per heavy atom. The van der Waals surface area contributed by atoms with Gasteiger partial charge in [0.2, 0.25) is 5.91 Å². The molecule has 136 valence electrons. The molecular weight excluding hydrogens is 320 g/mol. The number of anilines is 1. The third-order valence-electron chi connectivity index (χ3n) is 4.63. The Morgan fingerprint density at radius 2 is 2.12 bits per heavy atom. The highest BCUT2D eigenvalue weighted by atomic mass is 16.5. The van der Waals surface area contributed by atoms with E-state index in [-0.39, 0.29) is 11.8 Å². The average molecular weight is 346 g/mol. The Kier molecular flexibility index (Phi) is 6.16. The monoisotopic (exact) mass is 346 g/mol. The van der Waals surface area contributed by atoms with Gasteiger partial charge in [-0.25, -0.2) is 14.6 Å². The van der Waals surface area contributed by atoms with Crippen molar-refractivity contribution in [1.82, 2.24) is 25.1 Å². The van der Waals surface area contributed by atoms with E-state index in [1.54, 1.807) is 18.0 Å². The van der Waals surface area contributed by atoms with E-state index in [4.69, 9.17) is 4.74 Å². The first-order chi connectivity index (χ1) is 12.3. The van der Waals surface area contributed by atoms with E-state index in [1.165, 1.54) is 12.7 Å². The van der Waals surface area contributed by atoms with Crippen LogP contribution in [-0.4, -0.2) is 52.5 Å². The van der Waals surface area contributed by atoms with Crippen molar-refractivity contribution in [3.05, 3.63) is 12.5 Å². The van der Waals surface area contributed by atoms with Gasteiger partial charge in [0.1, 0.15) is 12.1 Å². The van der Waals surface area contributed by atoms with Crippen LogP contribution in [0.15, 0.2) is 12.5 Å². The summed E-state index contributed by atoms with van der Waals surface area (Å²) < 4.78 is 6.84. The first kappa shape index (κ1) is 17.6. The summed E-state index contributed by atoms with van der Waals surface area (Å²) in [5.41, 5.74) is 0.766. The number of amides is 1. The number of rotatable bonds is 8. The molecule has 0 unspecified atom stereocenters. The Bertz CT molecular complexity index is 696. The van der Waals surface area contributed by atoms with E-state index in [0.717, 1.165) is 42.5 Å². The second-order valence-corrected chi connectivity index (χ2v) is 6.37. The van der Waals surface area contributed by atoms with Crippen LogP contribution < -0.4 is 10.6 Å². The van der Waals surface area contributed by atoms with Gasteiger partial charge >= 0.3 is 0 Å². The number of aromatic nitrogens is 4. The van der Waals surface area contributed by atoms with E-state index in [0.29, 0.717) is 26.2 Å². The van der Waals surface area contributed by atoms with Crippen LogP contribution in [0.25, 0.3) is 11.0 Å². The largest absolute Gasteiger partial charge is 0.383 e. The molecule has 0 spiro atoms. The average Bonchev–Trinajstić information content (AvgIpc) is 3.07. The molecule has 2 heterocycles. The maximum atomic E-state index is 12.2. The summed E-state index contributed by atoms with van der Waals surface area (Å²) in [6.45, 7) is 2.43. The molecule has 2 aromatic heterocycles. The Balaban J connectivity index is 1.56. The third-order valence-corrected chi connectivity index (χ3v) is 4.63. The summed E-state index contributed by atoms with van der Waals surface area (Å²) in [5, 5.41) is 11.5. The number of ether oxygens (including phenoxy) is 1. The van der Waals surface area contributed by atoms with Gasteiger partial charge in [0.15, 0.2) is 5.65 Å². The fourth-order valence-electron chi connectivity index (χ4n) is 3.26. The van der Waals surface area contributed by atoms with Crippen LogP contribution in [0, 0.1) is 5.92 Å². The Labute approximate surface area is 147 Å². The number of hydrogen-bond acceptors (Lipinski definition) is 6. The number of hydrogen-bond donors (Lipinski definition) is 2. The van der Waals surface area contributed by atoms with Gasteiger partial charge in [-0.2, -0.15) is 5.10 Å². The smallest absolute Gasteiger partial charge is 0.223 e. The zero-order chi connectivity index (χ0) is 17.5. The highest BCUT2D eigenvalue weighted by molar-refractivity contribution is 5.86. The molecule has 2 aromatic rings. The lowest BCUT2D eigenvalue weighted by atomic mass is 9.89. The molecule has 0 aromatic carbocycles. The highest BCUT2D eigenvalue weighted by Crippen LogP contribution is 2.23. The molecule has 8 nitrogen and oxygen atoms in total. The number of nitrogens with zero attached hydrogens (tertiary/aromatic N) is 4. The predicted molar refractivity (Wildman–Crippen MR) is 95.3 cm³/mol. The van der Waals surface area contributed by atoms with E-state index in [9.17, 15) is 4.79 Å². The number of carbonyl (C=O) groups is 1. The summed E-state index contributed by atoms with van der Waals surface area (Å²) in [5.74, 6) is 1.11. The van der Waals surface area contributed by atoms with Crippen molar-refractivity contribution in [2.24, 2.45) is 5.92 Å². The number of fused-ring (bicyclic) bond motifs is 1. The van der Waals surface area contributed by atoms with Crippen molar-refractivity contribution < 1.29 is 9.53 Å². The van der Waals surface area contributed by atoms with Gasteiger partial charge in [-0.1, -0.05) is 19.3 Å². The van der Waals surface area contributed by atoms with Crippen LogP contribution >= 0.6 is 0 Å². The molecule has 1 fully saturated rings. The lowest BCUT2D eigenvalue weighted by molar-refractivity contribution is -0.125. The Morgan fingerprint density at radius 1 is 1.28 bits per heavy atom. The van der Waals surface area contributed by atoms with Crippen LogP contribution in [0.1, 0.15) is 32.1 Å². The minimum atomic E-state index is 0.174. The lowest BCUT2D eigenvalue weighted by Crippen LogP contribution is -2.34. The standard InChI is InChI=1S/C17H26N6O2/c1-25-10-8-18-15-14-11-22-23(16(14)21-12-20-15)9-7-19-17(24)13-5-3-2-4-6-13/h11-13H,2-10H2,1H3,(H,19,24)(H,18,20,21). The molecule has 0 saturated heterocycles. The minimum Gasteiger partial charge on any atom is -0.383 e. The van der Waals surface area contributed by atoms with Crippen LogP contribution in [0.2, 0.25) is 0 Å². The summed E-state index contributed by atoms with van der Waals surface area (Å²) in [7, 11) is 1.66. The molecule has 25 heavy (non-hydrogen) atoms. The van der Waals surface area contributed by atoms with E-state index in [2.05, 4.69) is 25.7 Å². The SMILES string of the molecule is COCCNc1ncnc2c1cnn2CCNC(=O)C1CCCCC1. The third kappa shape index (κ3) is 4.45. The number of nitrogens with one attached hydrogen (secondary N) is 2. The molecule has 0 atom stereocenters. The van der Waals surface area contributed by atoms with Crippen molar-refractivity contribution in [2.75, 3.05) is 32.1 Å². The second-order valence-electron chi connectivity index (χ2n) is 6.37. The van der Waals surface area contributed by atoms with Crippen molar-refractivity contribution in [1.29, 1.82) is 0 Å². The van der Waals surface area contributed by atoms with E-state index >= 15 is 0 Å². The molecule has 0 aliphatic heterocycles. The van der Waals surface area contributed by atoms with Crippen molar-refractivity contribution in [3.8, 4) is 0 Å². The molecule has 1 aliphatic carbocycles. The van der Waals surface area contributed by atoms with Gasteiger partial charge in [-0.15, -0.1) is 0 Å². The Hall–Kier alpha value is -2.22.